The minimum Gasteiger partial charge on any atom is -0.395 e. The normalized spacial score (nSPS) is 19.7. The highest BCUT2D eigenvalue weighted by atomic mass is 32.2. The molecule has 1 saturated heterocycles. The Hall–Kier alpha value is -0.960. The fourth-order valence-corrected chi connectivity index (χ4v) is 4.04. The van der Waals surface area contributed by atoms with Gasteiger partial charge in [-0.05, 0) is 6.42 Å². The highest BCUT2D eigenvalue weighted by molar-refractivity contribution is 7.89. The second-order valence-corrected chi connectivity index (χ2v) is 7.88. The summed E-state index contributed by atoms with van der Waals surface area (Å²) in [5.41, 5.74) is 0. The monoisotopic (exact) mass is 330 g/mol. The van der Waals surface area contributed by atoms with Gasteiger partial charge in [-0.15, -0.1) is 0 Å². The van der Waals surface area contributed by atoms with Crippen molar-refractivity contribution in [2.24, 2.45) is 0 Å². The van der Waals surface area contributed by atoms with Crippen LogP contribution in [0.5, 0.6) is 0 Å². The molecule has 126 valence electrons. The van der Waals surface area contributed by atoms with Crippen molar-refractivity contribution in [1.29, 1.82) is 0 Å². The summed E-state index contributed by atoms with van der Waals surface area (Å²) in [6.45, 7) is 8.24. The average molecular weight is 330 g/mol. The first kappa shape index (κ1) is 17.4. The van der Waals surface area contributed by atoms with E-state index in [1.54, 1.807) is 0 Å². The van der Waals surface area contributed by atoms with Crippen molar-refractivity contribution < 1.29 is 13.5 Å². The minimum atomic E-state index is -3.51. The van der Waals surface area contributed by atoms with Crippen molar-refractivity contribution in [3.63, 3.8) is 0 Å². The molecule has 0 amide bonds. The maximum Gasteiger partial charge on any atom is 0.260 e. The first-order chi connectivity index (χ1) is 10.4. The Labute approximate surface area is 132 Å². The van der Waals surface area contributed by atoms with Gasteiger partial charge in [-0.25, -0.2) is 13.4 Å². The van der Waals surface area contributed by atoms with Crippen molar-refractivity contribution in [2.45, 2.75) is 44.2 Å². The third-order valence-corrected chi connectivity index (χ3v) is 6.02. The van der Waals surface area contributed by atoms with Crippen molar-refractivity contribution in [2.75, 3.05) is 32.8 Å². The van der Waals surface area contributed by atoms with E-state index in [0.717, 1.165) is 6.42 Å². The van der Waals surface area contributed by atoms with Gasteiger partial charge in [0.1, 0.15) is 5.82 Å². The van der Waals surface area contributed by atoms with E-state index in [-0.39, 0.29) is 23.6 Å². The first-order valence-corrected chi connectivity index (χ1v) is 9.24. The van der Waals surface area contributed by atoms with Crippen molar-refractivity contribution in [1.82, 2.24) is 19.2 Å². The molecule has 1 aliphatic rings. The van der Waals surface area contributed by atoms with Gasteiger partial charge in [0.2, 0.25) is 0 Å². The second-order valence-electron chi connectivity index (χ2n) is 5.97. The number of H-pyrrole nitrogens is 1. The largest absolute Gasteiger partial charge is 0.395 e. The van der Waals surface area contributed by atoms with Crippen LogP contribution in [0.25, 0.3) is 0 Å². The Morgan fingerprint density at radius 2 is 1.95 bits per heavy atom. The number of aromatic amines is 1. The Kier molecular flexibility index (Phi) is 5.60. The van der Waals surface area contributed by atoms with E-state index < -0.39 is 10.0 Å². The number of nitrogens with zero attached hydrogens (tertiary/aromatic N) is 3. The zero-order chi connectivity index (χ0) is 16.3. The number of sulfonamides is 1. The number of rotatable bonds is 6. The van der Waals surface area contributed by atoms with Crippen LogP contribution in [0, 0.1) is 0 Å². The summed E-state index contributed by atoms with van der Waals surface area (Å²) >= 11 is 0. The number of aliphatic hydroxyl groups excluding tert-OH is 1. The molecule has 0 aliphatic carbocycles. The molecular weight excluding hydrogens is 304 g/mol. The Bertz CT molecular complexity index is 573. The standard InChI is InChI=1S/C14H26N4O3S/c1-4-12(10-19)17-5-7-18(8-6-17)22(20,21)13-9-15-14(16-13)11(2)3/h9,11-12,19H,4-8,10H2,1-3H3,(H,15,16)/t12-/m1/s1. The summed E-state index contributed by atoms with van der Waals surface area (Å²) < 4.78 is 26.7. The Balaban J connectivity index is 2.06. The van der Waals surface area contributed by atoms with E-state index in [2.05, 4.69) is 14.9 Å². The lowest BCUT2D eigenvalue weighted by atomic mass is 10.2. The third-order valence-electron chi connectivity index (χ3n) is 4.21. The number of imidazole rings is 1. The number of piperazine rings is 1. The molecule has 0 radical (unpaired) electrons. The molecule has 7 nitrogen and oxygen atoms in total. The number of nitrogens with one attached hydrogen (secondary N) is 1. The number of aliphatic hydroxyl groups is 1. The molecular formula is C14H26N4O3S. The van der Waals surface area contributed by atoms with Crippen molar-refractivity contribution in [3.8, 4) is 0 Å². The van der Waals surface area contributed by atoms with Gasteiger partial charge in [0.05, 0.1) is 12.8 Å². The molecule has 2 N–H and O–H groups in total. The van der Waals surface area contributed by atoms with Gasteiger partial charge in [-0.3, -0.25) is 4.90 Å². The van der Waals surface area contributed by atoms with Gasteiger partial charge >= 0.3 is 0 Å². The number of hydrogen-bond donors (Lipinski definition) is 2. The van der Waals surface area contributed by atoms with Gasteiger partial charge in [0.15, 0.2) is 5.03 Å². The van der Waals surface area contributed by atoms with Crippen LogP contribution in [-0.2, 0) is 10.0 Å². The van der Waals surface area contributed by atoms with Crippen LogP contribution in [-0.4, -0.2) is 71.5 Å². The third kappa shape index (κ3) is 3.51. The quantitative estimate of drug-likeness (QED) is 0.798. The Morgan fingerprint density at radius 3 is 2.41 bits per heavy atom. The van der Waals surface area contributed by atoms with Crippen molar-refractivity contribution in [3.05, 3.63) is 12.0 Å². The summed E-state index contributed by atoms with van der Waals surface area (Å²) in [5, 5.41) is 9.52. The molecule has 2 rings (SSSR count). The molecule has 0 bridgehead atoms. The summed E-state index contributed by atoms with van der Waals surface area (Å²) in [7, 11) is -3.51. The van der Waals surface area contributed by atoms with Crippen LogP contribution in [0.4, 0.5) is 0 Å². The van der Waals surface area contributed by atoms with Gasteiger partial charge in [0, 0.05) is 38.1 Å². The second kappa shape index (κ2) is 7.08. The summed E-state index contributed by atoms with van der Waals surface area (Å²) in [6.07, 6.45) is 2.27. The van der Waals surface area contributed by atoms with Gasteiger partial charge in [0.25, 0.3) is 10.0 Å². The van der Waals surface area contributed by atoms with Crippen LogP contribution >= 0.6 is 0 Å². The summed E-state index contributed by atoms with van der Waals surface area (Å²) in [6, 6.07) is 0.115. The van der Waals surface area contributed by atoms with Crippen LogP contribution in [0.2, 0.25) is 0 Å². The summed E-state index contributed by atoms with van der Waals surface area (Å²) in [4.78, 5) is 9.21. The maximum atomic E-state index is 12.6. The molecule has 1 atom stereocenters. The van der Waals surface area contributed by atoms with E-state index in [0.29, 0.717) is 32.0 Å². The predicted molar refractivity (Wildman–Crippen MR) is 84.2 cm³/mol. The van der Waals surface area contributed by atoms with Gasteiger partial charge in [-0.2, -0.15) is 4.31 Å². The van der Waals surface area contributed by atoms with Crippen LogP contribution in [0.1, 0.15) is 38.9 Å². The van der Waals surface area contributed by atoms with Crippen LogP contribution in [0.15, 0.2) is 11.2 Å². The van der Waals surface area contributed by atoms with E-state index in [4.69, 9.17) is 0 Å². The average Bonchev–Trinajstić information content (AvgIpc) is 3.00. The highest BCUT2D eigenvalue weighted by Crippen LogP contribution is 2.19. The van der Waals surface area contributed by atoms with Crippen LogP contribution in [0.3, 0.4) is 0 Å². The topological polar surface area (TPSA) is 89.5 Å². The maximum absolute atomic E-state index is 12.6. The predicted octanol–water partition coefficient (Wildman–Crippen LogP) is 0.610. The minimum absolute atomic E-state index is 0.113. The fraction of sp³-hybridized carbons (Fsp3) is 0.786. The van der Waals surface area contributed by atoms with E-state index in [1.807, 2.05) is 20.8 Å². The lowest BCUT2D eigenvalue weighted by Gasteiger charge is -2.37. The highest BCUT2D eigenvalue weighted by Gasteiger charge is 2.31. The van der Waals surface area contributed by atoms with E-state index in [9.17, 15) is 13.5 Å². The van der Waals surface area contributed by atoms with Crippen molar-refractivity contribution >= 4 is 10.0 Å². The number of hydrogen-bond acceptors (Lipinski definition) is 5. The molecule has 0 aromatic carbocycles. The lowest BCUT2D eigenvalue weighted by molar-refractivity contribution is 0.0880. The molecule has 1 aliphatic heterocycles. The molecule has 1 aromatic rings. The first-order valence-electron chi connectivity index (χ1n) is 7.80. The van der Waals surface area contributed by atoms with E-state index in [1.165, 1.54) is 10.5 Å². The van der Waals surface area contributed by atoms with Gasteiger partial charge in [-0.1, -0.05) is 20.8 Å². The van der Waals surface area contributed by atoms with Crippen LogP contribution < -0.4 is 0 Å². The van der Waals surface area contributed by atoms with E-state index >= 15 is 0 Å². The fourth-order valence-electron chi connectivity index (χ4n) is 2.69. The molecule has 1 fully saturated rings. The molecule has 0 spiro atoms. The zero-order valence-electron chi connectivity index (χ0n) is 13.5. The molecule has 2 heterocycles. The molecule has 0 unspecified atom stereocenters. The smallest absolute Gasteiger partial charge is 0.260 e. The zero-order valence-corrected chi connectivity index (χ0v) is 14.3. The number of aromatic nitrogens is 2. The lowest BCUT2D eigenvalue weighted by Crippen LogP contribution is -2.52. The summed E-state index contributed by atoms with van der Waals surface area (Å²) in [5.74, 6) is 0.846. The SMILES string of the molecule is CC[C@H](CO)N1CCN(S(=O)(=O)c2cnc(C(C)C)[nH]2)CC1. The molecule has 0 saturated carbocycles. The molecule has 8 heteroatoms. The molecule has 1 aromatic heterocycles. The van der Waals surface area contributed by atoms with Gasteiger partial charge < -0.3 is 10.1 Å². The molecule has 22 heavy (non-hydrogen) atoms. The Morgan fingerprint density at radius 1 is 1.32 bits per heavy atom.